The molecule has 9 nitrogen and oxygen atoms in total. The number of benzene rings is 3. The summed E-state index contributed by atoms with van der Waals surface area (Å²) in [4.78, 5) is 29.3. The maximum absolute atomic E-state index is 14.0. The lowest BCUT2D eigenvalue weighted by Crippen LogP contribution is -2.48. The van der Waals surface area contributed by atoms with Gasteiger partial charge in [0.15, 0.2) is 0 Å². The Labute approximate surface area is 284 Å². The number of fused-ring (bicyclic) bond motifs is 1. The van der Waals surface area contributed by atoms with Crippen molar-refractivity contribution in [1.82, 2.24) is 15.5 Å². The lowest BCUT2D eigenvalue weighted by Gasteiger charge is -2.29. The highest BCUT2D eigenvalue weighted by Crippen LogP contribution is 2.32. The van der Waals surface area contributed by atoms with Crippen LogP contribution in [0.25, 0.3) is 0 Å². The van der Waals surface area contributed by atoms with Gasteiger partial charge in [-0.2, -0.15) is 0 Å². The molecule has 4 N–H and O–H groups in total. The van der Waals surface area contributed by atoms with Gasteiger partial charge in [-0.25, -0.2) is 4.79 Å². The summed E-state index contributed by atoms with van der Waals surface area (Å²) in [7, 11) is 0. The van der Waals surface area contributed by atoms with Crippen LogP contribution < -0.4 is 15.4 Å². The van der Waals surface area contributed by atoms with E-state index in [9.17, 15) is 19.8 Å². The van der Waals surface area contributed by atoms with Gasteiger partial charge < -0.3 is 30.3 Å². The first-order valence-corrected chi connectivity index (χ1v) is 17.3. The van der Waals surface area contributed by atoms with Crippen molar-refractivity contribution in [3.8, 4) is 5.75 Å². The maximum Gasteiger partial charge on any atom is 0.407 e. The third-order valence-corrected chi connectivity index (χ3v) is 9.14. The minimum absolute atomic E-state index is 0.0810. The number of ether oxygens (including phenoxy) is 2. The molecule has 1 heterocycles. The molecule has 5 atom stereocenters. The predicted molar refractivity (Wildman–Crippen MR) is 186 cm³/mol. The SMILES string of the molecule is CC(C)(C)OC(=O)N[C@@H](Cc1ccccc1)[C@@H](O)C[C@H](Cc1ccc(OCCN2CCCC2)cc1)C(=O)NC1c2ccccc2C[C@H]1O. The van der Waals surface area contributed by atoms with E-state index in [4.69, 9.17) is 9.47 Å². The Hall–Kier alpha value is -3.92. The fourth-order valence-corrected chi connectivity index (χ4v) is 6.67. The second-order valence-corrected chi connectivity index (χ2v) is 14.1. The number of nitrogens with one attached hydrogen (secondary N) is 2. The zero-order valence-corrected chi connectivity index (χ0v) is 28.4. The zero-order chi connectivity index (χ0) is 34.1. The van der Waals surface area contributed by atoms with E-state index in [1.807, 2.05) is 78.9 Å². The van der Waals surface area contributed by atoms with Crippen LogP contribution in [0.5, 0.6) is 5.75 Å². The number of hydrogen-bond acceptors (Lipinski definition) is 7. The molecule has 0 bridgehead atoms. The summed E-state index contributed by atoms with van der Waals surface area (Å²) in [6.07, 6.45) is 1.30. The predicted octanol–water partition coefficient (Wildman–Crippen LogP) is 4.98. The molecule has 3 aromatic rings. The van der Waals surface area contributed by atoms with Gasteiger partial charge in [-0.3, -0.25) is 9.69 Å². The lowest BCUT2D eigenvalue weighted by molar-refractivity contribution is -0.127. The molecule has 1 aliphatic heterocycles. The number of hydrogen-bond donors (Lipinski definition) is 4. The summed E-state index contributed by atoms with van der Waals surface area (Å²) >= 11 is 0. The number of alkyl carbamates (subject to hydrolysis) is 1. The van der Waals surface area contributed by atoms with Gasteiger partial charge >= 0.3 is 6.09 Å². The van der Waals surface area contributed by atoms with Crippen LogP contribution in [0.15, 0.2) is 78.9 Å². The van der Waals surface area contributed by atoms with E-state index >= 15 is 0 Å². The van der Waals surface area contributed by atoms with Crippen molar-refractivity contribution in [2.75, 3.05) is 26.2 Å². The molecule has 1 saturated heterocycles. The van der Waals surface area contributed by atoms with E-state index in [1.54, 1.807) is 20.8 Å². The number of carbonyl (C=O) groups is 2. The van der Waals surface area contributed by atoms with Gasteiger partial charge in [0.1, 0.15) is 18.0 Å². The molecule has 5 rings (SSSR count). The smallest absolute Gasteiger partial charge is 0.407 e. The Morgan fingerprint density at radius 2 is 1.58 bits per heavy atom. The van der Waals surface area contributed by atoms with Gasteiger partial charge in [-0.05, 0) is 100 Å². The highest BCUT2D eigenvalue weighted by molar-refractivity contribution is 5.80. The average Bonchev–Trinajstić information content (AvgIpc) is 3.68. The van der Waals surface area contributed by atoms with Crippen molar-refractivity contribution in [3.63, 3.8) is 0 Å². The van der Waals surface area contributed by atoms with E-state index < -0.39 is 41.9 Å². The molecule has 0 spiro atoms. The third-order valence-electron chi connectivity index (χ3n) is 9.14. The first-order chi connectivity index (χ1) is 23.0. The summed E-state index contributed by atoms with van der Waals surface area (Å²) in [5.41, 5.74) is 3.06. The van der Waals surface area contributed by atoms with Crippen molar-refractivity contribution < 1.29 is 29.3 Å². The fourth-order valence-electron chi connectivity index (χ4n) is 6.67. The fraction of sp³-hybridized carbons (Fsp3) is 0.487. The van der Waals surface area contributed by atoms with Crippen LogP contribution in [-0.4, -0.2) is 77.2 Å². The number of carbonyl (C=O) groups excluding carboxylic acids is 2. The highest BCUT2D eigenvalue weighted by atomic mass is 16.6. The number of rotatable bonds is 14. The summed E-state index contributed by atoms with van der Waals surface area (Å²) in [5.74, 6) is -0.147. The largest absolute Gasteiger partial charge is 0.492 e. The molecule has 1 fully saturated rings. The Morgan fingerprint density at radius 3 is 2.29 bits per heavy atom. The lowest BCUT2D eigenvalue weighted by atomic mass is 9.88. The number of aliphatic hydroxyl groups excluding tert-OH is 2. The van der Waals surface area contributed by atoms with Gasteiger partial charge in [-0.15, -0.1) is 0 Å². The van der Waals surface area contributed by atoms with Crippen LogP contribution in [-0.2, 0) is 28.8 Å². The zero-order valence-electron chi connectivity index (χ0n) is 28.4. The second-order valence-electron chi connectivity index (χ2n) is 14.1. The quantitative estimate of drug-likeness (QED) is 0.193. The Morgan fingerprint density at radius 1 is 0.917 bits per heavy atom. The topological polar surface area (TPSA) is 120 Å². The second kappa shape index (κ2) is 16.5. The summed E-state index contributed by atoms with van der Waals surface area (Å²) in [6, 6.07) is 23.9. The molecular formula is C39H51N3O6. The number of nitrogens with zero attached hydrogens (tertiary/aromatic N) is 1. The molecule has 2 aliphatic rings. The van der Waals surface area contributed by atoms with Crippen molar-refractivity contribution >= 4 is 12.0 Å². The molecule has 0 saturated carbocycles. The van der Waals surface area contributed by atoms with E-state index in [0.29, 0.717) is 25.9 Å². The Kier molecular flexibility index (Phi) is 12.1. The van der Waals surface area contributed by atoms with Crippen molar-refractivity contribution in [1.29, 1.82) is 0 Å². The molecule has 9 heteroatoms. The minimum atomic E-state index is -1.07. The van der Waals surface area contributed by atoms with Crippen LogP contribution >= 0.6 is 0 Å². The van der Waals surface area contributed by atoms with Crippen LogP contribution in [0.3, 0.4) is 0 Å². The van der Waals surface area contributed by atoms with Gasteiger partial charge in [0.2, 0.25) is 5.91 Å². The monoisotopic (exact) mass is 657 g/mol. The van der Waals surface area contributed by atoms with E-state index in [2.05, 4.69) is 15.5 Å². The van der Waals surface area contributed by atoms with Gasteiger partial charge in [0.25, 0.3) is 0 Å². The van der Waals surface area contributed by atoms with Crippen molar-refractivity contribution in [3.05, 3.63) is 101 Å². The third kappa shape index (κ3) is 10.3. The first kappa shape index (κ1) is 35.4. The number of aliphatic hydroxyl groups is 2. The van der Waals surface area contributed by atoms with Crippen molar-refractivity contribution in [2.45, 2.75) is 89.2 Å². The number of likely N-dealkylation sites (tertiary alicyclic amines) is 1. The molecule has 2 amide bonds. The number of amides is 2. The molecule has 0 radical (unpaired) electrons. The first-order valence-electron chi connectivity index (χ1n) is 17.3. The summed E-state index contributed by atoms with van der Waals surface area (Å²) in [6.45, 7) is 9.13. The maximum atomic E-state index is 14.0. The normalized spacial score (nSPS) is 19.6. The van der Waals surface area contributed by atoms with E-state index in [-0.39, 0.29) is 12.3 Å². The van der Waals surface area contributed by atoms with Crippen molar-refractivity contribution in [2.24, 2.45) is 5.92 Å². The van der Waals surface area contributed by atoms with Crippen LogP contribution in [0, 0.1) is 5.92 Å². The van der Waals surface area contributed by atoms with Crippen LogP contribution in [0.2, 0.25) is 0 Å². The molecule has 1 aliphatic carbocycles. The molecule has 258 valence electrons. The molecular weight excluding hydrogens is 606 g/mol. The Bertz CT molecular complexity index is 1470. The van der Waals surface area contributed by atoms with E-state index in [1.165, 1.54) is 12.8 Å². The molecule has 3 aromatic carbocycles. The summed E-state index contributed by atoms with van der Waals surface area (Å²) < 4.78 is 11.5. The van der Waals surface area contributed by atoms with Gasteiger partial charge in [0.05, 0.1) is 24.3 Å². The molecule has 1 unspecified atom stereocenters. The van der Waals surface area contributed by atoms with Crippen LogP contribution in [0.1, 0.15) is 68.3 Å². The summed E-state index contributed by atoms with van der Waals surface area (Å²) in [5, 5.41) is 28.5. The average molecular weight is 658 g/mol. The minimum Gasteiger partial charge on any atom is -0.492 e. The highest BCUT2D eigenvalue weighted by Gasteiger charge is 2.35. The van der Waals surface area contributed by atoms with Gasteiger partial charge in [0, 0.05) is 18.9 Å². The molecule has 0 aromatic heterocycles. The molecule has 48 heavy (non-hydrogen) atoms. The van der Waals surface area contributed by atoms with Gasteiger partial charge in [-0.1, -0.05) is 66.7 Å². The van der Waals surface area contributed by atoms with E-state index in [0.717, 1.165) is 47.6 Å². The standard InChI is InChI=1S/C39H51N3O6/c1-39(2,3)48-38(46)40-33(24-27-11-5-4-6-12-27)34(43)26-30(37(45)41-36-32-14-8-7-13-29(32)25-35(36)44)23-28-15-17-31(18-16-28)47-22-21-42-19-9-10-20-42/h4-8,11-18,30,33-36,43-44H,9-10,19-26H2,1-3H3,(H,40,46)(H,41,45)/t30-,33-,34-,35+,36?/m0/s1. The Balaban J connectivity index is 1.32. The van der Waals surface area contributed by atoms with Crippen LogP contribution in [0.4, 0.5) is 4.79 Å².